The second-order valence-electron chi connectivity index (χ2n) is 20.7. The summed E-state index contributed by atoms with van der Waals surface area (Å²) in [6.45, 7) is 4.90. The highest BCUT2D eigenvalue weighted by atomic mass is 16.5. The number of allylic oxidation sites excluding steroid dienone is 3. The van der Waals surface area contributed by atoms with E-state index in [9.17, 15) is 19.8 Å². The number of carbonyl (C=O) groups excluding carboxylic acids is 2. The molecule has 6 heteroatoms. The van der Waals surface area contributed by atoms with Crippen molar-refractivity contribution in [2.75, 3.05) is 13.2 Å². The van der Waals surface area contributed by atoms with Crippen LogP contribution in [0.4, 0.5) is 0 Å². The first-order valence-corrected chi connectivity index (χ1v) is 30.1. The number of esters is 1. The van der Waals surface area contributed by atoms with Crippen molar-refractivity contribution in [1.82, 2.24) is 5.32 Å². The van der Waals surface area contributed by atoms with Gasteiger partial charge in [0.15, 0.2) is 0 Å². The number of hydrogen-bond acceptors (Lipinski definition) is 5. The third kappa shape index (κ3) is 53.5. The second-order valence-corrected chi connectivity index (χ2v) is 20.7. The number of rotatable bonds is 56. The molecule has 0 fully saturated rings. The van der Waals surface area contributed by atoms with E-state index in [4.69, 9.17) is 4.74 Å². The molecule has 67 heavy (non-hydrogen) atoms. The number of hydrogen-bond donors (Lipinski definition) is 3. The van der Waals surface area contributed by atoms with Crippen LogP contribution in [0, 0.1) is 0 Å². The number of unbranched alkanes of at least 4 members (excludes halogenated alkanes) is 43. The zero-order valence-electron chi connectivity index (χ0n) is 45.1. The largest absolute Gasteiger partial charge is 0.466 e. The smallest absolute Gasteiger partial charge is 0.305 e. The number of aliphatic hydroxyl groups excluding tert-OH is 2. The van der Waals surface area contributed by atoms with Crippen LogP contribution in [-0.2, 0) is 14.3 Å². The van der Waals surface area contributed by atoms with E-state index in [0.29, 0.717) is 19.4 Å². The molecule has 3 N–H and O–H groups in total. The Hall–Kier alpha value is -1.66. The Bertz CT molecular complexity index is 1040. The summed E-state index contributed by atoms with van der Waals surface area (Å²) in [4.78, 5) is 24.5. The van der Waals surface area contributed by atoms with E-state index in [1.54, 1.807) is 6.08 Å². The first kappa shape index (κ1) is 65.3. The highest BCUT2D eigenvalue weighted by Gasteiger charge is 2.18. The molecule has 0 radical (unpaired) electrons. The van der Waals surface area contributed by atoms with Crippen molar-refractivity contribution < 1.29 is 24.5 Å². The lowest BCUT2D eigenvalue weighted by Gasteiger charge is -2.20. The van der Waals surface area contributed by atoms with Gasteiger partial charge in [-0.15, -0.1) is 0 Å². The van der Waals surface area contributed by atoms with Crippen molar-refractivity contribution in [2.24, 2.45) is 0 Å². The van der Waals surface area contributed by atoms with Crippen LogP contribution >= 0.6 is 0 Å². The molecule has 0 aliphatic carbocycles. The van der Waals surface area contributed by atoms with E-state index >= 15 is 0 Å². The molecule has 0 aromatic carbocycles. The molecule has 0 aliphatic rings. The number of aliphatic hydroxyl groups is 2. The molecule has 0 heterocycles. The Morgan fingerprint density at radius 1 is 0.403 bits per heavy atom. The Kier molecular flexibility index (Phi) is 55.5. The molecule has 1 amide bonds. The summed E-state index contributed by atoms with van der Waals surface area (Å²) >= 11 is 0. The molecular formula is C61H117NO5. The van der Waals surface area contributed by atoms with Crippen molar-refractivity contribution in [1.29, 1.82) is 0 Å². The summed E-state index contributed by atoms with van der Waals surface area (Å²) in [6, 6.07) is -0.629. The summed E-state index contributed by atoms with van der Waals surface area (Å²) in [7, 11) is 0. The first-order chi connectivity index (χ1) is 33.0. The number of carbonyl (C=O) groups is 2. The molecule has 0 rings (SSSR count). The third-order valence-corrected chi connectivity index (χ3v) is 14.0. The van der Waals surface area contributed by atoms with E-state index in [2.05, 4.69) is 31.3 Å². The zero-order valence-corrected chi connectivity index (χ0v) is 45.1. The maximum atomic E-state index is 12.4. The lowest BCUT2D eigenvalue weighted by Crippen LogP contribution is -2.45. The van der Waals surface area contributed by atoms with Crippen molar-refractivity contribution in [3.8, 4) is 0 Å². The molecule has 396 valence electrons. The lowest BCUT2D eigenvalue weighted by molar-refractivity contribution is -0.143. The molecule has 0 aliphatic heterocycles. The Balaban J connectivity index is 3.39. The highest BCUT2D eigenvalue weighted by molar-refractivity contribution is 5.76. The van der Waals surface area contributed by atoms with Crippen LogP contribution in [0.25, 0.3) is 0 Å². The standard InChI is InChI=1S/C61H117NO5/c1-3-5-7-9-11-13-15-16-27-31-35-39-43-47-51-55-61(66)67-56-52-48-44-40-36-32-29-26-24-22-20-18-17-19-21-23-25-28-30-34-38-42-46-50-54-60(65)62-58(57-63)59(64)53-49-45-41-37-33-14-12-10-8-6-4-2/h19,21,49,53,58-59,63-64H,3-18,20,22-48,50-52,54-57H2,1-2H3,(H,62,65)/b21-19-,53-49+. The number of nitrogens with one attached hydrogen (secondary N) is 1. The Morgan fingerprint density at radius 3 is 1.06 bits per heavy atom. The van der Waals surface area contributed by atoms with Crippen molar-refractivity contribution in [2.45, 2.75) is 341 Å². The van der Waals surface area contributed by atoms with Crippen molar-refractivity contribution in [3.63, 3.8) is 0 Å². The van der Waals surface area contributed by atoms with Crippen LogP contribution in [0.15, 0.2) is 24.3 Å². The minimum absolute atomic E-state index is 0.0150. The van der Waals surface area contributed by atoms with E-state index < -0.39 is 12.1 Å². The first-order valence-electron chi connectivity index (χ1n) is 30.1. The zero-order chi connectivity index (χ0) is 48.6. The monoisotopic (exact) mass is 944 g/mol. The van der Waals surface area contributed by atoms with E-state index in [-0.39, 0.29) is 18.5 Å². The molecule has 0 aromatic heterocycles. The van der Waals surface area contributed by atoms with Gasteiger partial charge in [0.2, 0.25) is 5.91 Å². The minimum atomic E-state index is -0.845. The molecule has 0 spiro atoms. The minimum Gasteiger partial charge on any atom is -0.466 e. The van der Waals surface area contributed by atoms with Gasteiger partial charge in [-0.1, -0.05) is 282 Å². The average Bonchev–Trinajstić information content (AvgIpc) is 3.33. The van der Waals surface area contributed by atoms with Crippen LogP contribution < -0.4 is 5.32 Å². The molecule has 0 aromatic rings. The number of ether oxygens (including phenoxy) is 1. The molecular weight excluding hydrogens is 827 g/mol. The normalized spacial score (nSPS) is 12.7. The fraction of sp³-hybridized carbons (Fsp3) is 0.902. The van der Waals surface area contributed by atoms with Crippen molar-refractivity contribution in [3.05, 3.63) is 24.3 Å². The molecule has 0 bridgehead atoms. The maximum absolute atomic E-state index is 12.4. The van der Waals surface area contributed by atoms with Gasteiger partial charge in [0.1, 0.15) is 0 Å². The van der Waals surface area contributed by atoms with Gasteiger partial charge in [-0.3, -0.25) is 9.59 Å². The van der Waals surface area contributed by atoms with E-state index in [1.807, 2.05) is 6.08 Å². The van der Waals surface area contributed by atoms with Gasteiger partial charge in [0.05, 0.1) is 25.4 Å². The van der Waals surface area contributed by atoms with E-state index in [1.165, 1.54) is 263 Å². The van der Waals surface area contributed by atoms with E-state index in [0.717, 1.165) is 38.5 Å². The van der Waals surface area contributed by atoms with Crippen LogP contribution in [-0.4, -0.2) is 47.4 Å². The average molecular weight is 945 g/mol. The van der Waals surface area contributed by atoms with Crippen LogP contribution in [0.2, 0.25) is 0 Å². The third-order valence-electron chi connectivity index (χ3n) is 14.0. The van der Waals surface area contributed by atoms with Crippen molar-refractivity contribution >= 4 is 11.9 Å². The van der Waals surface area contributed by atoms with Gasteiger partial charge < -0.3 is 20.3 Å². The summed E-state index contributed by atoms with van der Waals surface area (Å²) in [5, 5.41) is 23.0. The van der Waals surface area contributed by atoms with Gasteiger partial charge in [-0.25, -0.2) is 0 Å². The molecule has 0 saturated heterocycles. The summed E-state index contributed by atoms with van der Waals surface area (Å²) < 4.78 is 5.49. The summed E-state index contributed by atoms with van der Waals surface area (Å²) in [5.41, 5.74) is 0. The van der Waals surface area contributed by atoms with Crippen LogP contribution in [0.1, 0.15) is 328 Å². The predicted octanol–water partition coefficient (Wildman–Crippen LogP) is 18.6. The lowest BCUT2D eigenvalue weighted by atomic mass is 10.0. The fourth-order valence-electron chi connectivity index (χ4n) is 9.34. The van der Waals surface area contributed by atoms with Gasteiger partial charge >= 0.3 is 5.97 Å². The molecule has 6 nitrogen and oxygen atoms in total. The van der Waals surface area contributed by atoms with Gasteiger partial charge in [-0.05, 0) is 57.8 Å². The predicted molar refractivity (Wildman–Crippen MR) is 292 cm³/mol. The quantitative estimate of drug-likeness (QED) is 0.0321. The SMILES string of the molecule is CCCCCCCCCCC/C=C/C(O)C(CO)NC(=O)CCCCCCCCCC/C=C\CCCCCCCCCCCCCCOC(=O)CCCCCCCCCCCCCCCCC. The Morgan fingerprint density at radius 2 is 0.701 bits per heavy atom. The molecule has 0 saturated carbocycles. The van der Waals surface area contributed by atoms with Crippen LogP contribution in [0.5, 0.6) is 0 Å². The van der Waals surface area contributed by atoms with Crippen LogP contribution in [0.3, 0.4) is 0 Å². The molecule has 2 unspecified atom stereocenters. The highest BCUT2D eigenvalue weighted by Crippen LogP contribution is 2.17. The van der Waals surface area contributed by atoms with Gasteiger partial charge in [0.25, 0.3) is 0 Å². The van der Waals surface area contributed by atoms with Gasteiger partial charge in [0, 0.05) is 12.8 Å². The topological polar surface area (TPSA) is 95.9 Å². The fourth-order valence-corrected chi connectivity index (χ4v) is 9.34. The van der Waals surface area contributed by atoms with Gasteiger partial charge in [-0.2, -0.15) is 0 Å². The second kappa shape index (κ2) is 56.9. The maximum Gasteiger partial charge on any atom is 0.305 e. The Labute approximate surface area is 418 Å². The summed E-state index contributed by atoms with van der Waals surface area (Å²) in [5.74, 6) is -0.0581. The number of amides is 1. The summed E-state index contributed by atoms with van der Waals surface area (Å²) in [6.07, 6.45) is 69.3. The molecule has 2 atom stereocenters.